The summed E-state index contributed by atoms with van der Waals surface area (Å²) in [6, 6.07) is 11.5. The van der Waals surface area contributed by atoms with Crippen LogP contribution in [0.2, 0.25) is 0 Å². The molecular formula is C17H14BrN3O3S. The summed E-state index contributed by atoms with van der Waals surface area (Å²) < 4.78 is 8.27. The van der Waals surface area contributed by atoms with Crippen LogP contribution >= 0.6 is 27.7 Å². The molecule has 25 heavy (non-hydrogen) atoms. The molecule has 128 valence electrons. The first-order valence-electron chi connectivity index (χ1n) is 7.45. The van der Waals surface area contributed by atoms with Crippen LogP contribution in [-0.2, 0) is 11.2 Å². The largest absolute Gasteiger partial charge is 0.477 e. The number of carbonyl (C=O) groups is 1. The fourth-order valence-corrected chi connectivity index (χ4v) is 3.07. The second-order valence-electron chi connectivity index (χ2n) is 5.01. The first kappa shape index (κ1) is 17.5. The second-order valence-corrected chi connectivity index (χ2v) is 6.92. The quantitative estimate of drug-likeness (QED) is 0.470. The number of thioether (sulfide) groups is 1. The summed E-state index contributed by atoms with van der Waals surface area (Å²) in [6.45, 7) is 1.89. The number of aliphatic carboxylic acids is 1. The minimum Gasteiger partial charge on any atom is -0.477 e. The van der Waals surface area contributed by atoms with Crippen molar-refractivity contribution in [1.29, 1.82) is 0 Å². The van der Waals surface area contributed by atoms with Gasteiger partial charge in [0.1, 0.15) is 4.91 Å². The van der Waals surface area contributed by atoms with Crippen LogP contribution in [-0.4, -0.2) is 25.8 Å². The predicted octanol–water partition coefficient (Wildman–Crippen LogP) is 4.40. The molecular weight excluding hydrogens is 406 g/mol. The molecule has 0 fully saturated rings. The normalized spacial score (nSPS) is 11.7. The van der Waals surface area contributed by atoms with Crippen LogP contribution in [0.4, 0.5) is 0 Å². The van der Waals surface area contributed by atoms with Crippen molar-refractivity contribution in [3.63, 3.8) is 0 Å². The molecule has 0 saturated heterocycles. The summed E-state index contributed by atoms with van der Waals surface area (Å²) in [5.74, 6) is -0.574. The Morgan fingerprint density at radius 2 is 2.08 bits per heavy atom. The minimum absolute atomic E-state index is 0.100. The van der Waals surface area contributed by atoms with Gasteiger partial charge in [-0.2, -0.15) is 0 Å². The third kappa shape index (κ3) is 4.21. The SMILES string of the molecule is CCc1nnc(S/C(=C\c2cccn2-c2ccc(Br)cc2)C(=O)O)o1. The molecule has 0 saturated carbocycles. The molecule has 3 rings (SSSR count). The van der Waals surface area contributed by atoms with E-state index in [-0.39, 0.29) is 10.1 Å². The lowest BCUT2D eigenvalue weighted by atomic mass is 10.3. The van der Waals surface area contributed by atoms with Crippen molar-refractivity contribution >= 4 is 39.7 Å². The Morgan fingerprint density at radius 3 is 2.72 bits per heavy atom. The number of rotatable bonds is 6. The van der Waals surface area contributed by atoms with E-state index in [9.17, 15) is 9.90 Å². The highest BCUT2D eigenvalue weighted by molar-refractivity contribution is 9.10. The lowest BCUT2D eigenvalue weighted by molar-refractivity contribution is -0.131. The topological polar surface area (TPSA) is 81.2 Å². The first-order valence-corrected chi connectivity index (χ1v) is 9.06. The van der Waals surface area contributed by atoms with Crippen molar-refractivity contribution in [3.05, 3.63) is 63.6 Å². The molecule has 2 aromatic heterocycles. The van der Waals surface area contributed by atoms with Gasteiger partial charge in [0.15, 0.2) is 0 Å². The summed E-state index contributed by atoms with van der Waals surface area (Å²) in [7, 11) is 0. The summed E-state index contributed by atoms with van der Waals surface area (Å²) in [6.07, 6.45) is 4.07. The number of nitrogens with zero attached hydrogens (tertiary/aromatic N) is 3. The number of hydrogen-bond acceptors (Lipinski definition) is 5. The number of benzene rings is 1. The van der Waals surface area contributed by atoms with E-state index in [0.717, 1.165) is 27.6 Å². The molecule has 0 aliphatic rings. The Balaban J connectivity index is 1.92. The maximum Gasteiger partial charge on any atom is 0.342 e. The first-order chi connectivity index (χ1) is 12.1. The number of hydrogen-bond donors (Lipinski definition) is 1. The minimum atomic E-state index is -1.05. The molecule has 0 bridgehead atoms. The summed E-state index contributed by atoms with van der Waals surface area (Å²) in [4.78, 5) is 11.7. The Kier molecular flexibility index (Phi) is 5.40. The van der Waals surface area contributed by atoms with E-state index < -0.39 is 5.97 Å². The molecule has 0 aliphatic carbocycles. The summed E-state index contributed by atoms with van der Waals surface area (Å²) in [5, 5.41) is 17.4. The predicted molar refractivity (Wildman–Crippen MR) is 98.6 cm³/mol. The smallest absolute Gasteiger partial charge is 0.342 e. The van der Waals surface area contributed by atoms with E-state index in [1.165, 1.54) is 0 Å². The average molecular weight is 420 g/mol. The van der Waals surface area contributed by atoms with Crippen molar-refractivity contribution in [2.75, 3.05) is 0 Å². The van der Waals surface area contributed by atoms with Crippen molar-refractivity contribution in [2.45, 2.75) is 18.6 Å². The van der Waals surface area contributed by atoms with E-state index in [4.69, 9.17) is 4.42 Å². The molecule has 0 aliphatic heterocycles. The highest BCUT2D eigenvalue weighted by Crippen LogP contribution is 2.28. The third-order valence-corrected chi connectivity index (χ3v) is 4.70. The monoisotopic (exact) mass is 419 g/mol. The van der Waals surface area contributed by atoms with Crippen LogP contribution in [0.1, 0.15) is 18.5 Å². The molecule has 0 amide bonds. The fraction of sp³-hybridized carbons (Fsp3) is 0.118. The van der Waals surface area contributed by atoms with Crippen LogP contribution in [0.15, 0.2) is 61.6 Å². The van der Waals surface area contributed by atoms with Gasteiger partial charge in [0.05, 0.1) is 0 Å². The maximum absolute atomic E-state index is 11.6. The molecule has 1 N–H and O–H groups in total. The Bertz CT molecular complexity index is 915. The van der Waals surface area contributed by atoms with E-state index in [1.54, 1.807) is 6.08 Å². The van der Waals surface area contributed by atoms with E-state index in [2.05, 4.69) is 26.1 Å². The van der Waals surface area contributed by atoms with Gasteiger partial charge in [0, 0.05) is 28.5 Å². The molecule has 8 heteroatoms. The molecule has 0 spiro atoms. The number of halogens is 1. The van der Waals surface area contributed by atoms with Gasteiger partial charge in [-0.15, -0.1) is 10.2 Å². The van der Waals surface area contributed by atoms with E-state index in [1.807, 2.05) is 54.1 Å². The molecule has 6 nitrogen and oxygen atoms in total. The molecule has 0 atom stereocenters. The van der Waals surface area contributed by atoms with Gasteiger partial charge in [0.2, 0.25) is 5.89 Å². The lowest BCUT2D eigenvalue weighted by Crippen LogP contribution is -1.99. The molecule has 0 radical (unpaired) electrons. The van der Waals surface area contributed by atoms with Crippen LogP contribution in [0.3, 0.4) is 0 Å². The maximum atomic E-state index is 11.6. The van der Waals surface area contributed by atoms with Crippen molar-refractivity contribution in [2.24, 2.45) is 0 Å². The summed E-state index contributed by atoms with van der Waals surface area (Å²) in [5.41, 5.74) is 1.67. The van der Waals surface area contributed by atoms with Gasteiger partial charge in [-0.3, -0.25) is 0 Å². The van der Waals surface area contributed by atoms with Gasteiger partial charge in [-0.05, 0) is 54.2 Å². The Hall–Kier alpha value is -2.32. The molecule has 1 aromatic carbocycles. The van der Waals surface area contributed by atoms with Gasteiger partial charge in [0.25, 0.3) is 5.22 Å². The number of aryl methyl sites for hydroxylation is 1. The van der Waals surface area contributed by atoms with Gasteiger partial charge >= 0.3 is 5.97 Å². The number of aromatic nitrogens is 3. The van der Waals surface area contributed by atoms with E-state index >= 15 is 0 Å². The average Bonchev–Trinajstić information content (AvgIpc) is 3.24. The highest BCUT2D eigenvalue weighted by Gasteiger charge is 2.16. The zero-order chi connectivity index (χ0) is 17.8. The molecule has 2 heterocycles. The number of carboxylic acids is 1. The van der Waals surface area contributed by atoms with Crippen molar-refractivity contribution < 1.29 is 14.3 Å². The molecule has 3 aromatic rings. The second kappa shape index (κ2) is 7.71. The zero-order valence-electron chi connectivity index (χ0n) is 13.2. The van der Waals surface area contributed by atoms with E-state index in [0.29, 0.717) is 12.3 Å². The zero-order valence-corrected chi connectivity index (χ0v) is 15.6. The Labute approximate surface area is 156 Å². The van der Waals surface area contributed by atoms with Crippen LogP contribution < -0.4 is 0 Å². The van der Waals surface area contributed by atoms with Crippen LogP contribution in [0, 0.1) is 0 Å². The van der Waals surface area contributed by atoms with Crippen molar-refractivity contribution in [3.8, 4) is 5.69 Å². The standard InChI is InChI=1S/C17H14BrN3O3S/c1-2-15-19-20-17(24-15)25-14(16(22)23)10-13-4-3-9-21(13)12-7-5-11(18)6-8-12/h3-10H,2H2,1H3,(H,22,23)/b14-10-. The summed E-state index contributed by atoms with van der Waals surface area (Å²) >= 11 is 4.34. The van der Waals surface area contributed by atoms with Gasteiger partial charge in [-0.25, -0.2) is 4.79 Å². The number of carboxylic acid groups (broad SMARTS) is 1. The highest BCUT2D eigenvalue weighted by atomic mass is 79.9. The van der Waals surface area contributed by atoms with Gasteiger partial charge < -0.3 is 14.1 Å². The van der Waals surface area contributed by atoms with Crippen molar-refractivity contribution in [1.82, 2.24) is 14.8 Å². The lowest BCUT2D eigenvalue weighted by Gasteiger charge is -2.07. The molecule has 0 unspecified atom stereocenters. The fourth-order valence-electron chi connectivity index (χ4n) is 2.13. The van der Waals surface area contributed by atoms with Crippen LogP contribution in [0.25, 0.3) is 11.8 Å². The van der Waals surface area contributed by atoms with Gasteiger partial charge in [-0.1, -0.05) is 22.9 Å². The van der Waals surface area contributed by atoms with Crippen LogP contribution in [0.5, 0.6) is 0 Å². The Morgan fingerprint density at radius 1 is 1.32 bits per heavy atom. The third-order valence-electron chi connectivity index (χ3n) is 3.32.